The largest absolute Gasteiger partial charge is 0.497 e. The average molecular weight is 813 g/mol. The molecule has 1 saturated carbocycles. The number of nitrogens with one attached hydrogen (secondary N) is 3. The number of carbonyl (C=O) groups excluding carboxylic acids is 5. The molecule has 13 heteroatoms. The first-order valence-corrected chi connectivity index (χ1v) is 20.7. The van der Waals surface area contributed by atoms with E-state index in [-0.39, 0.29) is 25.0 Å². The number of nitrogens with zero attached hydrogens (tertiary/aromatic N) is 1. The smallest absolute Gasteiger partial charge is 0.329 e. The van der Waals surface area contributed by atoms with Gasteiger partial charge >= 0.3 is 11.9 Å². The average Bonchev–Trinajstić information content (AvgIpc) is 3.63. The van der Waals surface area contributed by atoms with Crippen LogP contribution in [-0.4, -0.2) is 78.7 Å². The number of carbonyl (C=O) groups is 5. The highest BCUT2D eigenvalue weighted by Crippen LogP contribution is 2.36. The van der Waals surface area contributed by atoms with Gasteiger partial charge in [-0.25, -0.2) is 9.78 Å². The van der Waals surface area contributed by atoms with Crippen LogP contribution >= 0.6 is 0 Å². The molecule has 2 aliphatic rings. The van der Waals surface area contributed by atoms with E-state index in [1.165, 1.54) is 6.42 Å². The molecule has 59 heavy (non-hydrogen) atoms. The SMILES string of the molecule is CC[C@H](NC(=O)[C@H]1C[C@H](Oc2cc(-c3ccccc3)nc3cc(OC)ccc23)C=C1C(=O)N[C@H](C(=O)NCC(=O)OCC1CCCCC1)C(C)(C)C)C(=O)OC(C)(C)C. The zero-order valence-corrected chi connectivity index (χ0v) is 35.6. The fourth-order valence-electron chi connectivity index (χ4n) is 7.37. The maximum Gasteiger partial charge on any atom is 0.329 e. The molecule has 0 spiro atoms. The Kier molecular flexibility index (Phi) is 14.8. The summed E-state index contributed by atoms with van der Waals surface area (Å²) in [4.78, 5) is 72.7. The molecule has 3 aromatic rings. The summed E-state index contributed by atoms with van der Waals surface area (Å²) in [5.41, 5.74) is 0.623. The molecule has 0 aliphatic heterocycles. The Balaban J connectivity index is 1.41. The van der Waals surface area contributed by atoms with Gasteiger partial charge < -0.3 is 34.9 Å². The number of hydrogen-bond acceptors (Lipinski definition) is 10. The lowest BCUT2D eigenvalue weighted by molar-refractivity contribution is -0.159. The number of pyridine rings is 1. The number of hydrogen-bond donors (Lipinski definition) is 3. The van der Waals surface area contributed by atoms with Gasteiger partial charge in [0.15, 0.2) is 0 Å². The molecule has 2 aromatic carbocycles. The summed E-state index contributed by atoms with van der Waals surface area (Å²) in [5.74, 6) is -2.59. The van der Waals surface area contributed by atoms with Crippen LogP contribution in [-0.2, 0) is 33.4 Å². The Hall–Kier alpha value is -5.46. The second-order valence-corrected chi connectivity index (χ2v) is 17.5. The second kappa shape index (κ2) is 19.5. The number of rotatable bonds is 15. The van der Waals surface area contributed by atoms with Crippen molar-refractivity contribution in [1.29, 1.82) is 0 Å². The third-order valence-corrected chi connectivity index (χ3v) is 10.5. The van der Waals surface area contributed by atoms with E-state index in [9.17, 15) is 24.0 Å². The monoisotopic (exact) mass is 812 g/mol. The molecule has 13 nitrogen and oxygen atoms in total. The zero-order valence-electron chi connectivity index (χ0n) is 35.6. The number of benzene rings is 2. The minimum Gasteiger partial charge on any atom is -0.497 e. The number of amides is 3. The van der Waals surface area contributed by atoms with E-state index in [0.717, 1.165) is 31.2 Å². The standard InChI is InChI=1S/C46H60N4O9/c1-9-35(44(55)59-46(5,6)7)49-41(52)33-22-31(58-38-25-36(29-18-14-11-15-19-29)48-37-24-30(56-8)20-21-32(37)38)23-34(33)42(53)50-40(45(2,3)4)43(54)47-26-39(51)57-27-28-16-12-10-13-17-28/h11,14-15,18-21,23-25,28,31,33,35,40H,9-10,12-13,16-17,22,26-27H2,1-8H3,(H,47,54)(H,49,52)(H,50,53)/t31-,33-,35-,40+/m0/s1. The van der Waals surface area contributed by atoms with Gasteiger partial charge in [-0.3, -0.25) is 19.2 Å². The molecule has 0 unspecified atom stereocenters. The highest BCUT2D eigenvalue weighted by molar-refractivity contribution is 6.03. The number of aromatic nitrogens is 1. The molecule has 0 saturated heterocycles. The Morgan fingerprint density at radius 3 is 2.25 bits per heavy atom. The third-order valence-electron chi connectivity index (χ3n) is 10.5. The van der Waals surface area contributed by atoms with Crippen molar-refractivity contribution in [1.82, 2.24) is 20.9 Å². The normalized spacial score (nSPS) is 18.2. The van der Waals surface area contributed by atoms with Crippen molar-refractivity contribution in [3.05, 3.63) is 66.2 Å². The summed E-state index contributed by atoms with van der Waals surface area (Å²) < 4.78 is 23.2. The Labute approximate surface area is 347 Å². The zero-order chi connectivity index (χ0) is 42.9. The summed E-state index contributed by atoms with van der Waals surface area (Å²) in [7, 11) is 1.58. The van der Waals surface area contributed by atoms with Gasteiger partial charge in [-0.15, -0.1) is 0 Å². The van der Waals surface area contributed by atoms with Crippen molar-refractivity contribution in [2.24, 2.45) is 17.3 Å². The number of esters is 2. The third kappa shape index (κ3) is 12.3. The van der Waals surface area contributed by atoms with Crippen LogP contribution in [0.3, 0.4) is 0 Å². The van der Waals surface area contributed by atoms with Gasteiger partial charge in [-0.05, 0) is 69.6 Å². The molecule has 3 amide bonds. The number of fused-ring (bicyclic) bond motifs is 1. The van der Waals surface area contributed by atoms with Crippen LogP contribution < -0.4 is 25.4 Å². The maximum atomic E-state index is 14.3. The van der Waals surface area contributed by atoms with Gasteiger partial charge in [0.05, 0.1) is 30.8 Å². The van der Waals surface area contributed by atoms with E-state index >= 15 is 0 Å². The van der Waals surface area contributed by atoms with Gasteiger partial charge in [-0.1, -0.05) is 77.3 Å². The first kappa shape index (κ1) is 44.6. The molecule has 4 atom stereocenters. The molecule has 0 radical (unpaired) electrons. The summed E-state index contributed by atoms with van der Waals surface area (Å²) in [6.45, 7) is 12.3. The van der Waals surface area contributed by atoms with E-state index in [4.69, 9.17) is 23.9 Å². The van der Waals surface area contributed by atoms with Crippen LogP contribution in [0.5, 0.6) is 11.5 Å². The van der Waals surface area contributed by atoms with Gasteiger partial charge in [0, 0.05) is 35.1 Å². The Bertz CT molecular complexity index is 2010. The highest BCUT2D eigenvalue weighted by Gasteiger charge is 2.41. The molecule has 318 valence electrons. The van der Waals surface area contributed by atoms with Crippen LogP contribution in [0, 0.1) is 17.3 Å². The topological polar surface area (TPSA) is 171 Å². The fraction of sp³-hybridized carbons (Fsp3) is 0.522. The van der Waals surface area contributed by atoms with Crippen LogP contribution in [0.1, 0.15) is 93.4 Å². The van der Waals surface area contributed by atoms with Crippen LogP contribution in [0.2, 0.25) is 0 Å². The van der Waals surface area contributed by atoms with E-state index < -0.39 is 64.8 Å². The predicted octanol–water partition coefficient (Wildman–Crippen LogP) is 6.61. The molecular weight excluding hydrogens is 753 g/mol. The molecule has 3 N–H and O–H groups in total. The molecule has 1 heterocycles. The first-order valence-electron chi connectivity index (χ1n) is 20.7. The van der Waals surface area contributed by atoms with Crippen LogP contribution in [0.4, 0.5) is 0 Å². The van der Waals surface area contributed by atoms with E-state index in [1.807, 2.05) is 48.5 Å². The predicted molar refractivity (Wildman–Crippen MR) is 224 cm³/mol. The summed E-state index contributed by atoms with van der Waals surface area (Å²) in [6.07, 6.45) is 6.58. The van der Waals surface area contributed by atoms with Crippen molar-refractivity contribution in [3.8, 4) is 22.8 Å². The summed E-state index contributed by atoms with van der Waals surface area (Å²) >= 11 is 0. The molecular formula is C46H60N4O9. The summed E-state index contributed by atoms with van der Waals surface area (Å²) in [5, 5.41) is 8.98. The minimum atomic E-state index is -1.09. The first-order chi connectivity index (χ1) is 27.9. The molecule has 2 aliphatic carbocycles. The lowest BCUT2D eigenvalue weighted by Gasteiger charge is -2.31. The minimum absolute atomic E-state index is 0.0548. The quantitative estimate of drug-likeness (QED) is 0.142. The van der Waals surface area contributed by atoms with Gasteiger partial charge in [0.1, 0.15) is 41.8 Å². The fourth-order valence-corrected chi connectivity index (χ4v) is 7.37. The van der Waals surface area contributed by atoms with Crippen LogP contribution in [0.15, 0.2) is 66.2 Å². The molecule has 1 aromatic heterocycles. The van der Waals surface area contributed by atoms with Crippen molar-refractivity contribution in [2.75, 3.05) is 20.3 Å². The van der Waals surface area contributed by atoms with E-state index in [0.29, 0.717) is 40.6 Å². The van der Waals surface area contributed by atoms with Crippen molar-refractivity contribution in [3.63, 3.8) is 0 Å². The van der Waals surface area contributed by atoms with Crippen molar-refractivity contribution in [2.45, 2.75) is 117 Å². The number of ether oxygens (including phenoxy) is 4. The van der Waals surface area contributed by atoms with Crippen LogP contribution in [0.25, 0.3) is 22.2 Å². The molecule has 1 fully saturated rings. The Morgan fingerprint density at radius 2 is 1.61 bits per heavy atom. The van der Waals surface area contributed by atoms with Gasteiger partial charge in [0.25, 0.3) is 0 Å². The van der Waals surface area contributed by atoms with Crippen molar-refractivity contribution >= 4 is 40.6 Å². The van der Waals surface area contributed by atoms with Gasteiger partial charge in [-0.2, -0.15) is 0 Å². The molecule has 0 bridgehead atoms. The maximum absolute atomic E-state index is 14.3. The van der Waals surface area contributed by atoms with Gasteiger partial charge in [0.2, 0.25) is 17.7 Å². The number of methoxy groups -OCH3 is 1. The lowest BCUT2D eigenvalue weighted by atomic mass is 9.85. The Morgan fingerprint density at radius 1 is 0.898 bits per heavy atom. The van der Waals surface area contributed by atoms with Crippen molar-refractivity contribution < 1.29 is 42.9 Å². The highest BCUT2D eigenvalue weighted by atomic mass is 16.6. The van der Waals surface area contributed by atoms with E-state index in [1.54, 1.807) is 67.7 Å². The molecule has 5 rings (SSSR count). The summed E-state index contributed by atoms with van der Waals surface area (Å²) in [6, 6.07) is 14.8. The second-order valence-electron chi connectivity index (χ2n) is 17.5. The lowest BCUT2D eigenvalue weighted by Crippen LogP contribution is -2.55. The van der Waals surface area contributed by atoms with E-state index in [2.05, 4.69) is 16.0 Å².